The van der Waals surface area contributed by atoms with Crippen LogP contribution in [-0.2, 0) is 11.3 Å². The lowest BCUT2D eigenvalue weighted by atomic mass is 10.00. The molecular weight excluding hydrogens is 304 g/mol. The van der Waals surface area contributed by atoms with Crippen LogP contribution in [0, 0.1) is 13.8 Å². The Kier molecular flexibility index (Phi) is 6.10. The van der Waals surface area contributed by atoms with E-state index in [-0.39, 0.29) is 12.5 Å². The zero-order chi connectivity index (χ0) is 17.7. The molecule has 0 saturated carbocycles. The number of hydrogen-bond acceptors (Lipinski definition) is 4. The molecule has 0 aliphatic carbocycles. The van der Waals surface area contributed by atoms with E-state index in [0.717, 1.165) is 33.8 Å². The molecule has 0 saturated heterocycles. The van der Waals surface area contributed by atoms with Crippen LogP contribution in [0.1, 0.15) is 42.0 Å². The van der Waals surface area contributed by atoms with E-state index >= 15 is 0 Å². The average Bonchev–Trinajstić information content (AvgIpc) is 2.52. The largest absolute Gasteiger partial charge is 0.508 e. The second-order valence-corrected chi connectivity index (χ2v) is 6.28. The van der Waals surface area contributed by atoms with Gasteiger partial charge in [-0.15, -0.1) is 0 Å². The van der Waals surface area contributed by atoms with E-state index in [2.05, 4.69) is 19.9 Å². The van der Waals surface area contributed by atoms with Gasteiger partial charge < -0.3 is 19.3 Å². The Morgan fingerprint density at radius 3 is 2.25 bits per heavy atom. The van der Waals surface area contributed by atoms with E-state index in [4.69, 9.17) is 14.2 Å². The Morgan fingerprint density at radius 2 is 1.67 bits per heavy atom. The molecule has 0 aliphatic rings. The summed E-state index contributed by atoms with van der Waals surface area (Å²) in [6.45, 7) is 8.84. The molecule has 0 aromatic heterocycles. The van der Waals surface area contributed by atoms with Crippen LogP contribution in [0.4, 0.5) is 0 Å². The summed E-state index contributed by atoms with van der Waals surface area (Å²) in [6.07, 6.45) is 0. The predicted octanol–water partition coefficient (Wildman–Crippen LogP) is 4.69. The molecule has 0 amide bonds. The Hall–Kier alpha value is -2.20. The lowest BCUT2D eigenvalue weighted by Gasteiger charge is -2.17. The van der Waals surface area contributed by atoms with E-state index in [1.54, 1.807) is 19.2 Å². The zero-order valence-electron chi connectivity index (χ0n) is 15.1. The molecule has 0 spiro atoms. The molecule has 130 valence electrons. The van der Waals surface area contributed by atoms with E-state index < -0.39 is 0 Å². The van der Waals surface area contributed by atoms with Gasteiger partial charge in [0, 0.05) is 7.11 Å². The summed E-state index contributed by atoms with van der Waals surface area (Å²) in [5, 5.41) is 9.62. The SMILES string of the molecule is COCOc1ccc(COc2c(C)cc(O)cc2C)cc1C(C)C. The van der Waals surface area contributed by atoms with E-state index in [1.807, 2.05) is 26.0 Å². The summed E-state index contributed by atoms with van der Waals surface area (Å²) in [4.78, 5) is 0. The first-order valence-electron chi connectivity index (χ1n) is 8.10. The summed E-state index contributed by atoms with van der Waals surface area (Å²) >= 11 is 0. The second-order valence-electron chi connectivity index (χ2n) is 6.28. The molecule has 0 aliphatic heterocycles. The van der Waals surface area contributed by atoms with Crippen LogP contribution >= 0.6 is 0 Å². The number of benzene rings is 2. The summed E-state index contributed by atoms with van der Waals surface area (Å²) in [6, 6.07) is 9.50. The minimum atomic E-state index is 0.238. The lowest BCUT2D eigenvalue weighted by molar-refractivity contribution is 0.0502. The summed E-state index contributed by atoms with van der Waals surface area (Å²) < 4.78 is 16.6. The highest BCUT2D eigenvalue weighted by Gasteiger charge is 2.11. The van der Waals surface area contributed by atoms with Gasteiger partial charge in [0.2, 0.25) is 0 Å². The van der Waals surface area contributed by atoms with Gasteiger partial charge in [-0.2, -0.15) is 0 Å². The Balaban J connectivity index is 2.17. The molecule has 2 aromatic rings. The molecule has 0 unspecified atom stereocenters. The van der Waals surface area contributed by atoms with Gasteiger partial charge in [-0.25, -0.2) is 0 Å². The van der Waals surface area contributed by atoms with Gasteiger partial charge in [-0.3, -0.25) is 0 Å². The standard InChI is InChI=1S/C20H26O4/c1-13(2)18-10-16(6-7-19(18)24-12-22-5)11-23-20-14(3)8-17(21)9-15(20)4/h6-10,13,21H,11-12H2,1-5H3. The average molecular weight is 330 g/mol. The third-order valence-electron chi connectivity index (χ3n) is 3.86. The maximum Gasteiger partial charge on any atom is 0.188 e. The summed E-state index contributed by atoms with van der Waals surface area (Å²) in [5.41, 5.74) is 4.07. The van der Waals surface area contributed by atoms with Crippen LogP contribution in [0.2, 0.25) is 0 Å². The molecule has 0 radical (unpaired) electrons. The van der Waals surface area contributed by atoms with Gasteiger partial charge in [-0.1, -0.05) is 19.9 Å². The van der Waals surface area contributed by atoms with Gasteiger partial charge in [0.1, 0.15) is 23.9 Å². The monoisotopic (exact) mass is 330 g/mol. The minimum absolute atomic E-state index is 0.238. The van der Waals surface area contributed by atoms with Crippen molar-refractivity contribution < 1.29 is 19.3 Å². The van der Waals surface area contributed by atoms with E-state index in [9.17, 15) is 5.11 Å². The highest BCUT2D eigenvalue weighted by Crippen LogP contribution is 2.30. The molecule has 4 nitrogen and oxygen atoms in total. The van der Waals surface area contributed by atoms with Crippen molar-refractivity contribution >= 4 is 0 Å². The number of aromatic hydroxyl groups is 1. The molecule has 1 N–H and O–H groups in total. The minimum Gasteiger partial charge on any atom is -0.508 e. The third kappa shape index (κ3) is 4.42. The third-order valence-corrected chi connectivity index (χ3v) is 3.86. The van der Waals surface area contributed by atoms with Crippen molar-refractivity contribution in [3.05, 3.63) is 52.6 Å². The molecule has 0 fully saturated rings. The van der Waals surface area contributed by atoms with Crippen molar-refractivity contribution in [2.24, 2.45) is 0 Å². The first kappa shape index (κ1) is 18.1. The Labute approximate surface area is 144 Å². The van der Waals surface area contributed by atoms with Crippen LogP contribution in [0.3, 0.4) is 0 Å². The molecule has 0 heterocycles. The number of hydrogen-bond donors (Lipinski definition) is 1. The smallest absolute Gasteiger partial charge is 0.188 e. The van der Waals surface area contributed by atoms with Crippen molar-refractivity contribution in [2.75, 3.05) is 13.9 Å². The van der Waals surface area contributed by atoms with Crippen LogP contribution in [-0.4, -0.2) is 19.0 Å². The fraction of sp³-hybridized carbons (Fsp3) is 0.400. The maximum absolute atomic E-state index is 9.62. The van der Waals surface area contributed by atoms with Gasteiger partial charge in [0.05, 0.1) is 0 Å². The molecule has 0 atom stereocenters. The lowest BCUT2D eigenvalue weighted by Crippen LogP contribution is -2.05. The quantitative estimate of drug-likeness (QED) is 0.748. The van der Waals surface area contributed by atoms with Gasteiger partial charge in [-0.05, 0) is 66.3 Å². The number of rotatable bonds is 7. The summed E-state index contributed by atoms with van der Waals surface area (Å²) in [5.74, 6) is 2.26. The van der Waals surface area contributed by atoms with Crippen molar-refractivity contribution in [1.29, 1.82) is 0 Å². The molecule has 2 rings (SSSR count). The number of ether oxygens (including phenoxy) is 3. The molecule has 2 aromatic carbocycles. The molecule has 4 heteroatoms. The number of phenols is 1. The molecule has 0 bridgehead atoms. The van der Waals surface area contributed by atoms with Gasteiger partial charge >= 0.3 is 0 Å². The fourth-order valence-corrected chi connectivity index (χ4v) is 2.70. The molecule has 24 heavy (non-hydrogen) atoms. The predicted molar refractivity (Wildman–Crippen MR) is 94.9 cm³/mol. The Bertz CT molecular complexity index is 669. The van der Waals surface area contributed by atoms with Crippen LogP contribution in [0.15, 0.2) is 30.3 Å². The number of methoxy groups -OCH3 is 1. The van der Waals surface area contributed by atoms with Crippen molar-refractivity contribution in [2.45, 2.75) is 40.2 Å². The zero-order valence-corrected chi connectivity index (χ0v) is 15.1. The highest BCUT2D eigenvalue weighted by atomic mass is 16.7. The summed E-state index contributed by atoms with van der Waals surface area (Å²) in [7, 11) is 1.61. The van der Waals surface area contributed by atoms with Crippen LogP contribution in [0.25, 0.3) is 0 Å². The molecular formula is C20H26O4. The van der Waals surface area contributed by atoms with Crippen molar-refractivity contribution in [1.82, 2.24) is 0 Å². The van der Waals surface area contributed by atoms with E-state index in [1.165, 1.54) is 0 Å². The first-order chi connectivity index (χ1) is 11.4. The van der Waals surface area contributed by atoms with Crippen LogP contribution in [0.5, 0.6) is 17.2 Å². The van der Waals surface area contributed by atoms with Gasteiger partial charge in [0.15, 0.2) is 6.79 Å². The fourth-order valence-electron chi connectivity index (χ4n) is 2.70. The van der Waals surface area contributed by atoms with Crippen molar-refractivity contribution in [3.8, 4) is 17.2 Å². The maximum atomic E-state index is 9.62. The number of aryl methyl sites for hydroxylation is 2. The highest BCUT2D eigenvalue weighted by molar-refractivity contribution is 5.46. The second kappa shape index (κ2) is 8.06. The normalized spacial score (nSPS) is 10.9. The van der Waals surface area contributed by atoms with Crippen LogP contribution < -0.4 is 9.47 Å². The van der Waals surface area contributed by atoms with Crippen molar-refractivity contribution in [3.63, 3.8) is 0 Å². The first-order valence-corrected chi connectivity index (χ1v) is 8.10. The van der Waals surface area contributed by atoms with E-state index in [0.29, 0.717) is 12.5 Å². The number of phenolic OH excluding ortho intramolecular Hbond substituents is 1. The van der Waals surface area contributed by atoms with Gasteiger partial charge in [0.25, 0.3) is 0 Å². The Morgan fingerprint density at radius 1 is 1.00 bits per heavy atom. The topological polar surface area (TPSA) is 47.9 Å².